The van der Waals surface area contributed by atoms with Crippen molar-refractivity contribution in [3.63, 3.8) is 0 Å². The summed E-state index contributed by atoms with van der Waals surface area (Å²) < 4.78 is 5.18. The van der Waals surface area contributed by atoms with Crippen LogP contribution in [-0.2, 0) is 9.59 Å². The predicted octanol–water partition coefficient (Wildman–Crippen LogP) is 2.93. The number of benzene rings is 1. The molecule has 2 atom stereocenters. The van der Waals surface area contributed by atoms with Crippen molar-refractivity contribution in [3.8, 4) is 5.75 Å². The van der Waals surface area contributed by atoms with Gasteiger partial charge in [-0.2, -0.15) is 0 Å². The van der Waals surface area contributed by atoms with Gasteiger partial charge in [0.05, 0.1) is 24.6 Å². The van der Waals surface area contributed by atoms with Gasteiger partial charge in [0.1, 0.15) is 5.75 Å². The van der Waals surface area contributed by atoms with Crippen molar-refractivity contribution in [3.05, 3.63) is 35.4 Å². The number of allylic oxidation sites excluding steroid dienone is 2. The number of nitrogens with zero attached hydrogens (tertiary/aromatic N) is 1. The van der Waals surface area contributed by atoms with Crippen LogP contribution in [0.15, 0.2) is 35.4 Å². The molecule has 3 rings (SSSR count). The van der Waals surface area contributed by atoms with E-state index in [1.807, 2.05) is 0 Å². The second-order valence-electron chi connectivity index (χ2n) is 5.90. The van der Waals surface area contributed by atoms with Crippen molar-refractivity contribution in [2.24, 2.45) is 11.8 Å². The molecule has 1 fully saturated rings. The fourth-order valence-corrected chi connectivity index (χ4v) is 3.26. The van der Waals surface area contributed by atoms with E-state index in [0.29, 0.717) is 24.3 Å². The lowest BCUT2D eigenvalue weighted by Crippen LogP contribution is -2.30. The molecular weight excluding hydrogens is 266 g/mol. The van der Waals surface area contributed by atoms with Crippen molar-refractivity contribution in [2.75, 3.05) is 12.0 Å². The molecule has 0 spiro atoms. The Balaban J connectivity index is 1.96. The fourth-order valence-electron chi connectivity index (χ4n) is 3.26. The average Bonchev–Trinajstić information content (AvgIpc) is 2.71. The molecule has 1 aromatic rings. The maximum Gasteiger partial charge on any atom is 0.238 e. The third kappa shape index (κ3) is 2.15. The van der Waals surface area contributed by atoms with Crippen LogP contribution in [0, 0.1) is 11.8 Å². The van der Waals surface area contributed by atoms with Crippen LogP contribution in [0.3, 0.4) is 0 Å². The maximum absolute atomic E-state index is 12.6. The molecule has 0 radical (unpaired) electrons. The van der Waals surface area contributed by atoms with Crippen molar-refractivity contribution >= 4 is 17.5 Å². The molecule has 110 valence electrons. The summed E-state index contributed by atoms with van der Waals surface area (Å²) in [4.78, 5) is 26.6. The molecule has 21 heavy (non-hydrogen) atoms. The number of rotatable bonds is 2. The van der Waals surface area contributed by atoms with Crippen molar-refractivity contribution in [1.82, 2.24) is 0 Å². The number of imide groups is 1. The normalized spacial score (nSPS) is 25.4. The number of hydrogen-bond acceptors (Lipinski definition) is 3. The van der Waals surface area contributed by atoms with E-state index in [1.54, 1.807) is 31.4 Å². The Morgan fingerprint density at radius 2 is 1.62 bits per heavy atom. The number of ether oxygens (including phenoxy) is 1. The van der Waals surface area contributed by atoms with Gasteiger partial charge in [-0.05, 0) is 38.8 Å². The van der Waals surface area contributed by atoms with E-state index in [4.69, 9.17) is 4.74 Å². The summed E-state index contributed by atoms with van der Waals surface area (Å²) in [5.41, 5.74) is 3.09. The Morgan fingerprint density at radius 3 is 2.14 bits per heavy atom. The highest BCUT2D eigenvalue weighted by Crippen LogP contribution is 2.42. The molecule has 4 nitrogen and oxygen atoms in total. The van der Waals surface area contributed by atoms with Crippen molar-refractivity contribution in [1.29, 1.82) is 0 Å². The third-order valence-electron chi connectivity index (χ3n) is 4.65. The molecule has 1 saturated heterocycles. The average molecular weight is 285 g/mol. The van der Waals surface area contributed by atoms with E-state index in [-0.39, 0.29) is 23.7 Å². The van der Waals surface area contributed by atoms with Gasteiger partial charge in [-0.25, -0.2) is 4.90 Å². The summed E-state index contributed by atoms with van der Waals surface area (Å²) in [6, 6.07) is 7.12. The lowest BCUT2D eigenvalue weighted by molar-refractivity contribution is -0.122. The molecule has 0 unspecified atom stereocenters. The highest BCUT2D eigenvalue weighted by molar-refractivity contribution is 6.22. The molecule has 2 amide bonds. The molecule has 1 aromatic carbocycles. The molecule has 2 aliphatic rings. The standard InChI is InChI=1S/C17H19NO3/c1-10-7-14-15(8-11(10)2)17(20)18(16(14)19)12-5-4-6-13(9-12)21-3/h4-6,9,14-15H,7-8H2,1-3H3/t14-,15-/m1/s1. The third-order valence-corrected chi connectivity index (χ3v) is 4.65. The first kappa shape index (κ1) is 13.9. The van der Waals surface area contributed by atoms with E-state index in [9.17, 15) is 9.59 Å². The first-order valence-electron chi connectivity index (χ1n) is 7.20. The second kappa shape index (κ2) is 5.02. The molecule has 1 heterocycles. The lowest BCUT2D eigenvalue weighted by Gasteiger charge is -2.23. The van der Waals surface area contributed by atoms with Crippen LogP contribution in [0.4, 0.5) is 5.69 Å². The summed E-state index contributed by atoms with van der Waals surface area (Å²) in [6.45, 7) is 4.11. The summed E-state index contributed by atoms with van der Waals surface area (Å²) in [7, 11) is 1.57. The van der Waals surface area contributed by atoms with E-state index >= 15 is 0 Å². The van der Waals surface area contributed by atoms with Gasteiger partial charge in [0.15, 0.2) is 0 Å². The van der Waals surface area contributed by atoms with Gasteiger partial charge < -0.3 is 4.74 Å². The van der Waals surface area contributed by atoms with Gasteiger partial charge in [0.2, 0.25) is 11.8 Å². The van der Waals surface area contributed by atoms with Crippen LogP contribution in [0.2, 0.25) is 0 Å². The van der Waals surface area contributed by atoms with Gasteiger partial charge in [-0.3, -0.25) is 9.59 Å². The largest absolute Gasteiger partial charge is 0.497 e. The summed E-state index contributed by atoms with van der Waals surface area (Å²) >= 11 is 0. The van der Waals surface area contributed by atoms with Crippen LogP contribution in [0.5, 0.6) is 5.75 Å². The molecule has 0 bridgehead atoms. The molecule has 4 heteroatoms. The second-order valence-corrected chi connectivity index (χ2v) is 5.90. The number of amides is 2. The number of hydrogen-bond donors (Lipinski definition) is 0. The monoisotopic (exact) mass is 285 g/mol. The minimum absolute atomic E-state index is 0.0786. The number of anilines is 1. The predicted molar refractivity (Wildman–Crippen MR) is 80.1 cm³/mol. The van der Waals surface area contributed by atoms with Crippen LogP contribution in [0.1, 0.15) is 26.7 Å². The van der Waals surface area contributed by atoms with Crippen molar-refractivity contribution in [2.45, 2.75) is 26.7 Å². The van der Waals surface area contributed by atoms with Crippen LogP contribution >= 0.6 is 0 Å². The van der Waals surface area contributed by atoms with Gasteiger partial charge in [-0.1, -0.05) is 17.2 Å². The highest BCUT2D eigenvalue weighted by atomic mass is 16.5. The van der Waals surface area contributed by atoms with Gasteiger partial charge in [0.25, 0.3) is 0 Å². The summed E-state index contributed by atoms with van der Waals surface area (Å²) in [6.07, 6.45) is 1.39. The van der Waals surface area contributed by atoms with E-state index in [1.165, 1.54) is 16.0 Å². The Labute approximate surface area is 124 Å². The lowest BCUT2D eigenvalue weighted by atomic mass is 9.78. The number of methoxy groups -OCH3 is 1. The minimum atomic E-state index is -0.201. The van der Waals surface area contributed by atoms with Gasteiger partial charge >= 0.3 is 0 Å². The van der Waals surface area contributed by atoms with Crippen LogP contribution in [0.25, 0.3) is 0 Å². The Bertz CT molecular complexity index is 615. The Morgan fingerprint density at radius 1 is 1.05 bits per heavy atom. The molecular formula is C17H19NO3. The maximum atomic E-state index is 12.6. The number of fused-ring (bicyclic) bond motifs is 1. The topological polar surface area (TPSA) is 46.6 Å². The van der Waals surface area contributed by atoms with E-state index in [2.05, 4.69) is 13.8 Å². The van der Waals surface area contributed by atoms with Crippen LogP contribution < -0.4 is 9.64 Å². The number of carbonyl (C=O) groups is 2. The highest BCUT2D eigenvalue weighted by Gasteiger charge is 2.49. The fraction of sp³-hybridized carbons (Fsp3) is 0.412. The summed E-state index contributed by atoms with van der Waals surface area (Å²) in [5.74, 6) is 0.0865. The zero-order chi connectivity index (χ0) is 15.1. The smallest absolute Gasteiger partial charge is 0.238 e. The van der Waals surface area contributed by atoms with E-state index < -0.39 is 0 Å². The first-order chi connectivity index (χ1) is 10.0. The summed E-state index contributed by atoms with van der Waals surface area (Å²) in [5, 5.41) is 0. The molecule has 1 aliphatic heterocycles. The van der Waals surface area contributed by atoms with E-state index in [0.717, 1.165) is 0 Å². The quantitative estimate of drug-likeness (QED) is 0.620. The minimum Gasteiger partial charge on any atom is -0.497 e. The molecule has 0 aromatic heterocycles. The zero-order valence-electron chi connectivity index (χ0n) is 12.6. The van der Waals surface area contributed by atoms with Crippen molar-refractivity contribution < 1.29 is 14.3 Å². The Hall–Kier alpha value is -2.10. The molecule has 0 N–H and O–H groups in total. The SMILES string of the molecule is COc1cccc(N2C(=O)[C@@H]3CC(C)=C(C)C[C@H]3C2=O)c1. The zero-order valence-corrected chi connectivity index (χ0v) is 12.6. The molecule has 1 aliphatic carbocycles. The number of carbonyl (C=O) groups excluding carboxylic acids is 2. The van der Waals surface area contributed by atoms with Gasteiger partial charge in [-0.15, -0.1) is 0 Å². The Kier molecular flexibility index (Phi) is 3.32. The molecule has 0 saturated carbocycles. The van der Waals surface area contributed by atoms with Crippen LogP contribution in [-0.4, -0.2) is 18.9 Å². The first-order valence-corrected chi connectivity index (χ1v) is 7.20. The van der Waals surface area contributed by atoms with Gasteiger partial charge in [0, 0.05) is 6.07 Å².